The minimum atomic E-state index is -4.50. The number of rotatable bonds is 3. The number of nitrogens with zero attached hydrogens (tertiary/aromatic N) is 6. The third-order valence-corrected chi connectivity index (χ3v) is 4.65. The molecule has 2 aromatic heterocycles. The van der Waals surface area contributed by atoms with Crippen LogP contribution in [0.4, 0.5) is 30.1 Å². The van der Waals surface area contributed by atoms with Gasteiger partial charge < -0.3 is 20.3 Å². The second-order valence-electron chi connectivity index (χ2n) is 5.33. The summed E-state index contributed by atoms with van der Waals surface area (Å²) in [7, 11) is 1.23. The first kappa shape index (κ1) is 18.1. The Morgan fingerprint density at radius 3 is 2.42 bits per heavy atom. The summed E-state index contributed by atoms with van der Waals surface area (Å²) in [5.41, 5.74) is 5.74. The molecule has 2 aromatic rings. The summed E-state index contributed by atoms with van der Waals surface area (Å²) >= 11 is 0.503. The number of hydrogen-bond acceptors (Lipinski definition) is 10. The molecule has 0 spiro atoms. The molecule has 1 fully saturated rings. The number of halogens is 3. The van der Waals surface area contributed by atoms with Crippen molar-refractivity contribution >= 4 is 34.2 Å². The van der Waals surface area contributed by atoms with Crippen molar-refractivity contribution in [1.82, 2.24) is 20.2 Å². The lowest BCUT2D eigenvalue weighted by atomic mass is 10.3. The summed E-state index contributed by atoms with van der Waals surface area (Å²) in [6.45, 7) is 1.65. The molecule has 9 nitrogen and oxygen atoms in total. The number of aromatic nitrogens is 4. The maximum atomic E-state index is 12.6. The van der Waals surface area contributed by atoms with Gasteiger partial charge in [0.2, 0.25) is 16.1 Å². The van der Waals surface area contributed by atoms with Crippen LogP contribution in [-0.2, 0) is 10.9 Å². The Labute approximate surface area is 149 Å². The molecular formula is C13H14F3N7O2S. The smallest absolute Gasteiger partial charge is 0.445 e. The molecule has 0 aliphatic carbocycles. The highest BCUT2D eigenvalue weighted by Gasteiger charge is 2.36. The average Bonchev–Trinajstić information content (AvgIpc) is 3.11. The van der Waals surface area contributed by atoms with Crippen LogP contribution in [-0.4, -0.2) is 59.4 Å². The van der Waals surface area contributed by atoms with Gasteiger partial charge in [0.25, 0.3) is 0 Å². The first-order chi connectivity index (χ1) is 12.3. The van der Waals surface area contributed by atoms with Gasteiger partial charge in [0.1, 0.15) is 5.82 Å². The fraction of sp³-hybridized carbons (Fsp3) is 0.462. The summed E-state index contributed by atoms with van der Waals surface area (Å²) in [6, 6.07) is 1.31. The standard InChI is InChI=1S/C13H14F3N7O2S/c1-25-9(24)7-6-8(17)19-11(18-7)22-2-4-23(5-3-22)12-21-20-10(26-12)13(14,15)16/h6H,2-5H2,1H3,(H2,17,18,19). The third kappa shape index (κ3) is 3.76. The number of nitrogen functional groups attached to an aromatic ring is 1. The van der Waals surface area contributed by atoms with Crippen LogP contribution in [0.1, 0.15) is 15.5 Å². The zero-order chi connectivity index (χ0) is 18.9. The zero-order valence-electron chi connectivity index (χ0n) is 13.5. The fourth-order valence-electron chi connectivity index (χ4n) is 2.36. The number of anilines is 3. The van der Waals surface area contributed by atoms with E-state index >= 15 is 0 Å². The normalized spacial score (nSPS) is 15.2. The van der Waals surface area contributed by atoms with E-state index in [0.717, 1.165) is 0 Å². The van der Waals surface area contributed by atoms with Crippen molar-refractivity contribution in [3.63, 3.8) is 0 Å². The molecule has 140 valence electrons. The first-order valence-electron chi connectivity index (χ1n) is 7.41. The van der Waals surface area contributed by atoms with Gasteiger partial charge in [0.15, 0.2) is 5.69 Å². The van der Waals surface area contributed by atoms with Gasteiger partial charge >= 0.3 is 12.1 Å². The molecule has 3 heterocycles. The molecule has 2 N–H and O–H groups in total. The molecule has 13 heteroatoms. The van der Waals surface area contributed by atoms with Crippen molar-refractivity contribution in [2.45, 2.75) is 6.18 Å². The van der Waals surface area contributed by atoms with E-state index in [9.17, 15) is 18.0 Å². The topological polar surface area (TPSA) is 110 Å². The molecule has 0 radical (unpaired) electrons. The molecule has 0 amide bonds. The van der Waals surface area contributed by atoms with E-state index in [1.54, 1.807) is 9.80 Å². The van der Waals surface area contributed by atoms with Crippen molar-refractivity contribution in [3.8, 4) is 0 Å². The van der Waals surface area contributed by atoms with Crippen LogP contribution in [0.25, 0.3) is 0 Å². The largest absolute Gasteiger partial charge is 0.464 e. The maximum absolute atomic E-state index is 12.6. The van der Waals surface area contributed by atoms with E-state index in [-0.39, 0.29) is 22.6 Å². The van der Waals surface area contributed by atoms with Crippen LogP contribution in [0.15, 0.2) is 6.07 Å². The second kappa shape index (κ2) is 6.90. The van der Waals surface area contributed by atoms with Crippen molar-refractivity contribution < 1.29 is 22.7 Å². The Morgan fingerprint density at radius 2 is 1.85 bits per heavy atom. The highest BCUT2D eigenvalue weighted by molar-refractivity contribution is 7.15. The summed E-state index contributed by atoms with van der Waals surface area (Å²) < 4.78 is 42.5. The molecule has 0 bridgehead atoms. The molecule has 1 saturated heterocycles. The second-order valence-corrected chi connectivity index (χ2v) is 6.29. The van der Waals surface area contributed by atoms with Crippen molar-refractivity contribution in [2.24, 2.45) is 0 Å². The number of esters is 1. The SMILES string of the molecule is COC(=O)c1cc(N)nc(N2CCN(c3nnc(C(F)(F)F)s3)CC2)n1. The van der Waals surface area contributed by atoms with Gasteiger partial charge in [0, 0.05) is 32.2 Å². The quantitative estimate of drug-likeness (QED) is 0.770. The summed E-state index contributed by atoms with van der Waals surface area (Å²) in [5.74, 6) is -0.248. The average molecular weight is 389 g/mol. The predicted molar refractivity (Wildman–Crippen MR) is 87.1 cm³/mol. The summed E-state index contributed by atoms with van der Waals surface area (Å²) in [4.78, 5) is 23.3. The van der Waals surface area contributed by atoms with E-state index in [4.69, 9.17) is 5.73 Å². The van der Waals surface area contributed by atoms with E-state index in [2.05, 4.69) is 24.9 Å². The number of ether oxygens (including phenoxy) is 1. The Hall–Kier alpha value is -2.70. The number of piperazine rings is 1. The lowest BCUT2D eigenvalue weighted by Crippen LogP contribution is -2.47. The van der Waals surface area contributed by atoms with E-state index in [1.807, 2.05) is 0 Å². The van der Waals surface area contributed by atoms with E-state index in [1.165, 1.54) is 13.2 Å². The van der Waals surface area contributed by atoms with Crippen LogP contribution in [0.5, 0.6) is 0 Å². The molecule has 3 rings (SSSR count). The molecule has 0 atom stereocenters. The lowest BCUT2D eigenvalue weighted by molar-refractivity contribution is -0.138. The summed E-state index contributed by atoms with van der Waals surface area (Å²) in [6.07, 6.45) is -4.50. The summed E-state index contributed by atoms with van der Waals surface area (Å²) in [5, 5.41) is 6.03. The molecular weight excluding hydrogens is 375 g/mol. The zero-order valence-corrected chi connectivity index (χ0v) is 14.3. The number of carbonyl (C=O) groups is 1. The Morgan fingerprint density at radius 1 is 1.19 bits per heavy atom. The van der Waals surface area contributed by atoms with Gasteiger partial charge in [-0.2, -0.15) is 18.2 Å². The molecule has 26 heavy (non-hydrogen) atoms. The van der Waals surface area contributed by atoms with Crippen LogP contribution >= 0.6 is 11.3 Å². The Balaban J connectivity index is 1.70. The van der Waals surface area contributed by atoms with E-state index in [0.29, 0.717) is 37.5 Å². The van der Waals surface area contributed by atoms with Crippen LogP contribution in [0.2, 0.25) is 0 Å². The van der Waals surface area contributed by atoms with Gasteiger partial charge in [-0.3, -0.25) is 0 Å². The van der Waals surface area contributed by atoms with Crippen LogP contribution in [0.3, 0.4) is 0 Å². The minimum Gasteiger partial charge on any atom is -0.464 e. The van der Waals surface area contributed by atoms with Gasteiger partial charge in [-0.1, -0.05) is 11.3 Å². The van der Waals surface area contributed by atoms with Gasteiger partial charge in [-0.15, -0.1) is 10.2 Å². The lowest BCUT2D eigenvalue weighted by Gasteiger charge is -2.34. The van der Waals surface area contributed by atoms with Crippen molar-refractivity contribution in [1.29, 1.82) is 0 Å². The monoisotopic (exact) mass is 389 g/mol. The minimum absolute atomic E-state index is 0.0383. The molecule has 0 saturated carbocycles. The molecule has 1 aliphatic rings. The van der Waals surface area contributed by atoms with Crippen LogP contribution < -0.4 is 15.5 Å². The number of nitrogens with two attached hydrogens (primary N) is 1. The number of alkyl halides is 3. The third-order valence-electron chi connectivity index (χ3n) is 3.62. The fourth-order valence-corrected chi connectivity index (χ4v) is 3.12. The van der Waals surface area contributed by atoms with Gasteiger partial charge in [-0.25, -0.2) is 9.78 Å². The highest BCUT2D eigenvalue weighted by Crippen LogP contribution is 2.34. The first-order valence-corrected chi connectivity index (χ1v) is 8.23. The van der Waals surface area contributed by atoms with Gasteiger partial charge in [-0.05, 0) is 0 Å². The Kier molecular flexibility index (Phi) is 4.80. The maximum Gasteiger partial charge on any atom is 0.445 e. The number of methoxy groups -OCH3 is 1. The Bertz CT molecular complexity index is 805. The van der Waals surface area contributed by atoms with Crippen molar-refractivity contribution in [3.05, 3.63) is 16.8 Å². The van der Waals surface area contributed by atoms with E-state index < -0.39 is 17.2 Å². The molecule has 1 aliphatic heterocycles. The number of carbonyl (C=O) groups excluding carboxylic acids is 1. The molecule has 0 aromatic carbocycles. The predicted octanol–water partition coefficient (Wildman–Crippen LogP) is 1.04. The van der Waals surface area contributed by atoms with Crippen molar-refractivity contribution in [2.75, 3.05) is 48.8 Å². The number of hydrogen-bond donors (Lipinski definition) is 1. The van der Waals surface area contributed by atoms with Crippen LogP contribution in [0, 0.1) is 0 Å². The highest BCUT2D eigenvalue weighted by atomic mass is 32.1. The van der Waals surface area contributed by atoms with Gasteiger partial charge in [0.05, 0.1) is 7.11 Å². The molecule has 0 unspecified atom stereocenters.